The zero-order valence-corrected chi connectivity index (χ0v) is 22.2. The molecule has 0 aliphatic carbocycles. The van der Waals surface area contributed by atoms with E-state index in [0.717, 1.165) is 18.6 Å². The molecule has 4 heterocycles. The molecule has 1 saturated heterocycles. The Hall–Kier alpha value is -4.12. The van der Waals surface area contributed by atoms with Crippen molar-refractivity contribution >= 4 is 43.2 Å². The second-order valence-corrected chi connectivity index (χ2v) is 12.8. The lowest BCUT2D eigenvalue weighted by Crippen LogP contribution is -2.42. The molecule has 5 rings (SSSR count). The van der Waals surface area contributed by atoms with Crippen LogP contribution in [0.1, 0.15) is 24.4 Å². The molecule has 3 aromatic heterocycles. The number of nitrogens with zero attached hydrogens (tertiary/aromatic N) is 7. The summed E-state index contributed by atoms with van der Waals surface area (Å²) in [6.45, 7) is 0.572. The number of urea groups is 1. The van der Waals surface area contributed by atoms with E-state index in [2.05, 4.69) is 20.5 Å². The average molecular weight is 581 g/mol. The molecule has 13 nitrogen and oxygen atoms in total. The normalized spacial score (nSPS) is 16.1. The fraction of sp³-hybridized carbons (Fsp3) is 0.273. The summed E-state index contributed by atoms with van der Waals surface area (Å²) in [4.78, 5) is 19.0. The van der Waals surface area contributed by atoms with E-state index in [-0.39, 0.29) is 15.0 Å². The third-order valence-electron chi connectivity index (χ3n) is 6.05. The second kappa shape index (κ2) is 9.57. The minimum atomic E-state index is -4.42. The van der Waals surface area contributed by atoms with Gasteiger partial charge in [0.1, 0.15) is 23.1 Å². The maximum atomic E-state index is 14.5. The first-order chi connectivity index (χ1) is 18.3. The lowest BCUT2D eigenvalue weighted by Gasteiger charge is -2.26. The van der Waals surface area contributed by atoms with Gasteiger partial charge in [0.25, 0.3) is 0 Å². The highest BCUT2D eigenvalue weighted by molar-refractivity contribution is 8.04. The number of aromatic nitrogens is 5. The first-order valence-corrected chi connectivity index (χ1v) is 15.1. The number of carbonyl (C=O) groups is 1. The molecule has 39 heavy (non-hydrogen) atoms. The van der Waals surface area contributed by atoms with Gasteiger partial charge in [0, 0.05) is 18.3 Å². The molecular weight excluding hydrogens is 558 g/mol. The van der Waals surface area contributed by atoms with Gasteiger partial charge < -0.3 is 10.2 Å². The number of anilines is 2. The molecule has 1 N–H and O–H groups in total. The molecule has 206 valence electrons. The molecule has 0 saturated carbocycles. The van der Waals surface area contributed by atoms with Crippen molar-refractivity contribution in [2.24, 2.45) is 0 Å². The molecule has 1 fully saturated rings. The lowest BCUT2D eigenvalue weighted by atomic mass is 10.0. The Morgan fingerprint density at radius 2 is 1.82 bits per heavy atom. The van der Waals surface area contributed by atoms with Gasteiger partial charge in [-0.1, -0.05) is 0 Å². The van der Waals surface area contributed by atoms with Crippen LogP contribution in [0, 0.1) is 11.6 Å². The molecule has 2 amide bonds. The highest BCUT2D eigenvalue weighted by Crippen LogP contribution is 2.37. The smallest absolute Gasteiger partial charge is 0.349 e. The van der Waals surface area contributed by atoms with Crippen molar-refractivity contribution in [3.05, 3.63) is 66.3 Å². The molecule has 17 heteroatoms. The summed E-state index contributed by atoms with van der Waals surface area (Å²) in [5, 5.41) is 10.6. The maximum Gasteiger partial charge on any atom is 0.349 e. The Labute approximate surface area is 221 Å². The summed E-state index contributed by atoms with van der Waals surface area (Å²) >= 11 is 0. The number of carbonyl (C=O) groups excluding carboxylic acids is 1. The van der Waals surface area contributed by atoms with Gasteiger partial charge in [-0.15, -0.1) is 3.71 Å². The van der Waals surface area contributed by atoms with E-state index in [1.54, 1.807) is 12.3 Å². The predicted octanol–water partition coefficient (Wildman–Crippen LogP) is 2.29. The van der Waals surface area contributed by atoms with Gasteiger partial charge in [0.15, 0.2) is 5.65 Å². The maximum absolute atomic E-state index is 14.5. The van der Waals surface area contributed by atoms with Crippen molar-refractivity contribution in [1.82, 2.24) is 28.1 Å². The summed E-state index contributed by atoms with van der Waals surface area (Å²) in [6.07, 6.45) is 8.17. The number of rotatable bonds is 6. The summed E-state index contributed by atoms with van der Waals surface area (Å²) in [6, 6.07) is 3.26. The Morgan fingerprint density at radius 3 is 2.54 bits per heavy atom. The predicted molar refractivity (Wildman–Crippen MR) is 136 cm³/mol. The van der Waals surface area contributed by atoms with Crippen LogP contribution >= 0.6 is 0 Å². The quantitative estimate of drug-likeness (QED) is 0.362. The summed E-state index contributed by atoms with van der Waals surface area (Å²) in [7, 11) is -8.83. The molecule has 1 aromatic carbocycles. The molecule has 0 radical (unpaired) electrons. The van der Waals surface area contributed by atoms with E-state index in [1.165, 1.54) is 33.9 Å². The Balaban J connectivity index is 1.45. The van der Waals surface area contributed by atoms with E-state index in [0.29, 0.717) is 42.6 Å². The van der Waals surface area contributed by atoms with Crippen LogP contribution in [0.15, 0.2) is 49.1 Å². The number of sulfonamides is 2. The Bertz CT molecular complexity index is 1770. The Kier molecular flexibility index (Phi) is 6.50. The van der Waals surface area contributed by atoms with Crippen molar-refractivity contribution in [2.45, 2.75) is 18.9 Å². The highest BCUT2D eigenvalue weighted by Gasteiger charge is 2.33. The van der Waals surface area contributed by atoms with Crippen molar-refractivity contribution in [1.29, 1.82) is 0 Å². The standard InChI is InChI=1S/C22H22F2N8O5S2/c1-38(34,35)32(39(2,36)37)22(33)27-15-11-25-31(13-15)19-12-26-30-9-7-20(28-21(19)30)29-8-3-4-18(29)16-10-14(23)5-6-17(16)24/h5-7,9-13,18H,3-4,8H2,1-2H3,(H,27,33)/t18-/m1/s1. The molecule has 4 aromatic rings. The summed E-state index contributed by atoms with van der Waals surface area (Å²) in [5.74, 6) is -0.526. The van der Waals surface area contributed by atoms with Crippen LogP contribution in [-0.2, 0) is 20.0 Å². The van der Waals surface area contributed by atoms with Gasteiger partial charge in [-0.3, -0.25) is 0 Å². The van der Waals surface area contributed by atoms with Crippen molar-refractivity contribution < 1.29 is 30.4 Å². The minimum Gasteiger partial charge on any atom is -0.349 e. The number of hydrogen-bond acceptors (Lipinski definition) is 9. The number of hydrogen-bond donors (Lipinski definition) is 1. The first kappa shape index (κ1) is 26.5. The van der Waals surface area contributed by atoms with Crippen LogP contribution in [0.5, 0.6) is 0 Å². The van der Waals surface area contributed by atoms with Crippen LogP contribution in [0.2, 0.25) is 0 Å². The van der Waals surface area contributed by atoms with Gasteiger partial charge >= 0.3 is 6.03 Å². The van der Waals surface area contributed by atoms with Crippen LogP contribution < -0.4 is 10.2 Å². The van der Waals surface area contributed by atoms with Crippen LogP contribution in [0.4, 0.5) is 25.1 Å². The van der Waals surface area contributed by atoms with E-state index in [1.807, 2.05) is 4.90 Å². The molecule has 0 spiro atoms. The third-order valence-corrected chi connectivity index (χ3v) is 9.21. The molecular formula is C22H22F2N8O5S2. The number of benzene rings is 1. The molecule has 1 atom stereocenters. The van der Waals surface area contributed by atoms with Crippen molar-refractivity contribution in [3.8, 4) is 5.69 Å². The second-order valence-electron chi connectivity index (χ2n) is 8.93. The summed E-state index contributed by atoms with van der Waals surface area (Å²) in [5.41, 5.74) is 0.988. The molecule has 0 bridgehead atoms. The highest BCUT2D eigenvalue weighted by atomic mass is 32.3. The van der Waals surface area contributed by atoms with Gasteiger partial charge in [0.2, 0.25) is 20.0 Å². The molecule has 0 unspecified atom stereocenters. The van der Waals surface area contributed by atoms with E-state index in [4.69, 9.17) is 0 Å². The van der Waals surface area contributed by atoms with Crippen LogP contribution in [0.25, 0.3) is 11.3 Å². The average Bonchev–Trinajstić information content (AvgIpc) is 3.57. The zero-order valence-electron chi connectivity index (χ0n) is 20.6. The van der Waals surface area contributed by atoms with Crippen molar-refractivity contribution in [2.75, 3.05) is 29.3 Å². The number of amides is 2. The van der Waals surface area contributed by atoms with E-state index in [9.17, 15) is 30.4 Å². The number of fused-ring (bicyclic) bond motifs is 1. The fourth-order valence-corrected chi connectivity index (χ4v) is 7.20. The van der Waals surface area contributed by atoms with Crippen molar-refractivity contribution in [3.63, 3.8) is 0 Å². The van der Waals surface area contributed by atoms with Gasteiger partial charge in [-0.2, -0.15) is 10.2 Å². The third kappa shape index (κ3) is 5.14. The summed E-state index contributed by atoms with van der Waals surface area (Å²) < 4.78 is 78.3. The zero-order chi connectivity index (χ0) is 28.1. The monoisotopic (exact) mass is 580 g/mol. The van der Waals surface area contributed by atoms with E-state index < -0.39 is 43.8 Å². The molecule has 1 aliphatic heterocycles. The van der Waals surface area contributed by atoms with Crippen LogP contribution in [-0.4, -0.2) is 70.0 Å². The largest absolute Gasteiger partial charge is 0.349 e. The SMILES string of the molecule is CS(=O)(=O)N(C(=O)Nc1cnn(-c2cnn3ccc(N4CCC[C@@H]4c4cc(F)ccc4F)nc23)c1)S(C)(=O)=O. The first-order valence-electron chi connectivity index (χ1n) is 11.5. The fourth-order valence-electron chi connectivity index (χ4n) is 4.54. The number of nitrogens with one attached hydrogen (secondary N) is 1. The minimum absolute atomic E-state index is 0.00832. The number of halogens is 2. The van der Waals surface area contributed by atoms with Gasteiger partial charge in [-0.25, -0.2) is 44.6 Å². The van der Waals surface area contributed by atoms with Gasteiger partial charge in [0.05, 0.1) is 42.8 Å². The van der Waals surface area contributed by atoms with E-state index >= 15 is 0 Å². The lowest BCUT2D eigenvalue weighted by molar-refractivity contribution is 0.247. The van der Waals surface area contributed by atoms with Crippen LogP contribution in [0.3, 0.4) is 0 Å². The molecule has 1 aliphatic rings. The van der Waals surface area contributed by atoms with Gasteiger partial charge in [-0.05, 0) is 37.1 Å². The topological polar surface area (TPSA) is 152 Å². The Morgan fingerprint density at radius 1 is 1.08 bits per heavy atom.